The molecule has 5 heteroatoms. The molecule has 0 aliphatic carbocycles. The molecule has 0 spiro atoms. The average molecular weight is 234 g/mol. The number of hydrogen-bond donors (Lipinski definition) is 1. The lowest BCUT2D eigenvalue weighted by Gasteiger charge is -2.35. The summed E-state index contributed by atoms with van der Waals surface area (Å²) in [6, 6.07) is 0.457. The molecule has 90 valence electrons. The first-order valence-corrected chi connectivity index (χ1v) is 7.27. The highest BCUT2D eigenvalue weighted by Gasteiger charge is 2.30. The van der Waals surface area contributed by atoms with Gasteiger partial charge in [0.25, 0.3) is 0 Å². The summed E-state index contributed by atoms with van der Waals surface area (Å²) >= 11 is 0. The molecule has 15 heavy (non-hydrogen) atoms. The molecule has 4 nitrogen and oxygen atoms in total. The minimum absolute atomic E-state index is 0.282. The van der Waals surface area contributed by atoms with Crippen molar-refractivity contribution < 1.29 is 8.42 Å². The van der Waals surface area contributed by atoms with Gasteiger partial charge in [-0.3, -0.25) is 0 Å². The smallest absolute Gasteiger partial charge is 0.214 e. The minimum Gasteiger partial charge on any atom is -0.317 e. The van der Waals surface area contributed by atoms with Crippen molar-refractivity contribution in [1.82, 2.24) is 9.62 Å². The highest BCUT2D eigenvalue weighted by molar-refractivity contribution is 7.89. The van der Waals surface area contributed by atoms with Crippen molar-refractivity contribution in [2.24, 2.45) is 5.92 Å². The summed E-state index contributed by atoms with van der Waals surface area (Å²) in [7, 11) is -1.05. The Morgan fingerprint density at radius 2 is 2.13 bits per heavy atom. The molecule has 0 aromatic rings. The molecule has 1 N–H and O–H groups in total. The van der Waals surface area contributed by atoms with Crippen molar-refractivity contribution in [3.8, 4) is 0 Å². The maximum atomic E-state index is 11.8. The van der Waals surface area contributed by atoms with Gasteiger partial charge in [-0.2, -0.15) is 0 Å². The summed E-state index contributed by atoms with van der Waals surface area (Å²) in [5, 5.41) is 3.24. The summed E-state index contributed by atoms with van der Waals surface area (Å²) in [4.78, 5) is 0. The van der Waals surface area contributed by atoms with Crippen LogP contribution in [0.15, 0.2) is 0 Å². The van der Waals surface area contributed by atoms with Gasteiger partial charge in [0.1, 0.15) is 0 Å². The predicted octanol–water partition coefficient (Wildman–Crippen LogP) is 0.656. The van der Waals surface area contributed by atoms with Gasteiger partial charge in [-0.25, -0.2) is 12.7 Å². The van der Waals surface area contributed by atoms with Crippen LogP contribution in [-0.4, -0.2) is 44.7 Å². The van der Waals surface area contributed by atoms with Crippen LogP contribution in [0.1, 0.15) is 26.7 Å². The Morgan fingerprint density at radius 3 is 2.60 bits per heavy atom. The lowest BCUT2D eigenvalue weighted by molar-refractivity contribution is 0.228. The Labute approximate surface area is 93.1 Å². The second-order valence-corrected chi connectivity index (χ2v) is 6.42. The van der Waals surface area contributed by atoms with Crippen LogP contribution in [0.2, 0.25) is 0 Å². The number of nitrogens with one attached hydrogen (secondary N) is 1. The largest absolute Gasteiger partial charge is 0.317 e. The molecule has 0 aromatic heterocycles. The molecule has 0 amide bonds. The first-order valence-electron chi connectivity index (χ1n) is 5.66. The third-order valence-electron chi connectivity index (χ3n) is 3.09. The van der Waals surface area contributed by atoms with E-state index >= 15 is 0 Å². The van der Waals surface area contributed by atoms with E-state index in [1.807, 2.05) is 14.0 Å². The number of hydrogen-bond acceptors (Lipinski definition) is 3. The molecule has 1 rings (SSSR count). The molecule has 0 bridgehead atoms. The molecular formula is C10H22N2O2S. The van der Waals surface area contributed by atoms with E-state index in [0.717, 1.165) is 6.42 Å². The lowest BCUT2D eigenvalue weighted by Crippen LogP contribution is -2.49. The van der Waals surface area contributed by atoms with Crippen molar-refractivity contribution in [2.75, 3.05) is 25.9 Å². The van der Waals surface area contributed by atoms with Gasteiger partial charge >= 0.3 is 0 Å². The van der Waals surface area contributed by atoms with Crippen LogP contribution in [0.3, 0.4) is 0 Å². The molecule has 1 heterocycles. The Balaban J connectivity index is 2.61. The van der Waals surface area contributed by atoms with Crippen LogP contribution < -0.4 is 5.32 Å². The van der Waals surface area contributed by atoms with Gasteiger partial charge < -0.3 is 5.32 Å². The fraction of sp³-hybridized carbons (Fsp3) is 1.00. The lowest BCUT2D eigenvalue weighted by atomic mass is 9.96. The van der Waals surface area contributed by atoms with E-state index in [0.29, 0.717) is 31.5 Å². The Bertz CT molecular complexity index is 290. The molecule has 2 atom stereocenters. The van der Waals surface area contributed by atoms with E-state index in [-0.39, 0.29) is 5.75 Å². The number of piperidine rings is 1. The van der Waals surface area contributed by atoms with Crippen molar-refractivity contribution in [3.05, 3.63) is 0 Å². The summed E-state index contributed by atoms with van der Waals surface area (Å²) in [6.45, 7) is 5.34. The second-order valence-electron chi connectivity index (χ2n) is 4.34. The van der Waals surface area contributed by atoms with E-state index in [4.69, 9.17) is 0 Å². The topological polar surface area (TPSA) is 49.4 Å². The fourth-order valence-corrected chi connectivity index (χ4v) is 3.80. The summed E-state index contributed by atoms with van der Waals surface area (Å²) in [6.07, 6.45) is 1.61. The first-order chi connectivity index (χ1) is 7.01. The summed E-state index contributed by atoms with van der Waals surface area (Å²) < 4.78 is 25.3. The SMILES string of the molecule is CCCS(=O)(=O)N1CCC(NC)C(C)C1. The summed E-state index contributed by atoms with van der Waals surface area (Å²) in [5.74, 6) is 0.680. The highest BCUT2D eigenvalue weighted by Crippen LogP contribution is 2.19. The van der Waals surface area contributed by atoms with Crippen molar-refractivity contribution in [3.63, 3.8) is 0 Å². The van der Waals surface area contributed by atoms with E-state index < -0.39 is 10.0 Å². The van der Waals surface area contributed by atoms with Gasteiger partial charge in [0.05, 0.1) is 5.75 Å². The van der Waals surface area contributed by atoms with Gasteiger partial charge in [-0.1, -0.05) is 13.8 Å². The molecule has 0 saturated carbocycles. The van der Waals surface area contributed by atoms with Crippen LogP contribution in [0, 0.1) is 5.92 Å². The molecule has 1 aliphatic heterocycles. The Kier molecular flexibility index (Phi) is 4.55. The fourth-order valence-electron chi connectivity index (χ4n) is 2.18. The zero-order chi connectivity index (χ0) is 11.5. The molecule has 0 radical (unpaired) electrons. The Hall–Kier alpha value is -0.130. The van der Waals surface area contributed by atoms with Crippen LogP contribution in [0.5, 0.6) is 0 Å². The second kappa shape index (κ2) is 5.27. The third-order valence-corrected chi connectivity index (χ3v) is 5.14. The van der Waals surface area contributed by atoms with E-state index in [9.17, 15) is 8.42 Å². The van der Waals surface area contributed by atoms with Gasteiger partial charge in [-0.05, 0) is 25.8 Å². The molecule has 1 aliphatic rings. The third kappa shape index (κ3) is 3.16. The average Bonchev–Trinajstić information content (AvgIpc) is 2.17. The molecule has 1 fully saturated rings. The van der Waals surface area contributed by atoms with Gasteiger partial charge in [0, 0.05) is 19.1 Å². The normalized spacial score (nSPS) is 29.3. The monoisotopic (exact) mass is 234 g/mol. The van der Waals surface area contributed by atoms with Crippen molar-refractivity contribution in [2.45, 2.75) is 32.7 Å². The number of rotatable bonds is 4. The molecule has 0 aromatic carbocycles. The first kappa shape index (κ1) is 12.9. The molecule has 2 unspecified atom stereocenters. The van der Waals surface area contributed by atoms with Gasteiger partial charge in [-0.15, -0.1) is 0 Å². The van der Waals surface area contributed by atoms with E-state index in [1.165, 1.54) is 0 Å². The van der Waals surface area contributed by atoms with E-state index in [1.54, 1.807) is 4.31 Å². The molecular weight excluding hydrogens is 212 g/mol. The van der Waals surface area contributed by atoms with Crippen LogP contribution in [0.25, 0.3) is 0 Å². The van der Waals surface area contributed by atoms with Gasteiger partial charge in [0.2, 0.25) is 10.0 Å². The van der Waals surface area contributed by atoms with E-state index in [2.05, 4.69) is 12.2 Å². The Morgan fingerprint density at radius 1 is 1.47 bits per heavy atom. The predicted molar refractivity (Wildman–Crippen MR) is 62.3 cm³/mol. The van der Waals surface area contributed by atoms with Crippen molar-refractivity contribution >= 4 is 10.0 Å². The van der Waals surface area contributed by atoms with Gasteiger partial charge in [0.15, 0.2) is 0 Å². The maximum absolute atomic E-state index is 11.8. The van der Waals surface area contributed by atoms with Crippen LogP contribution in [0.4, 0.5) is 0 Å². The standard InChI is InChI=1S/C10H22N2O2S/c1-4-7-15(13,14)12-6-5-10(11-3)9(2)8-12/h9-11H,4-8H2,1-3H3. The maximum Gasteiger partial charge on any atom is 0.214 e. The molecule has 1 saturated heterocycles. The highest BCUT2D eigenvalue weighted by atomic mass is 32.2. The van der Waals surface area contributed by atoms with Crippen LogP contribution in [-0.2, 0) is 10.0 Å². The number of nitrogens with zero attached hydrogens (tertiary/aromatic N) is 1. The summed E-state index contributed by atoms with van der Waals surface area (Å²) in [5.41, 5.74) is 0. The zero-order valence-corrected chi connectivity index (χ0v) is 10.7. The zero-order valence-electron chi connectivity index (χ0n) is 9.86. The quantitative estimate of drug-likeness (QED) is 0.777. The van der Waals surface area contributed by atoms with Crippen LogP contribution >= 0.6 is 0 Å². The van der Waals surface area contributed by atoms with Crippen molar-refractivity contribution in [1.29, 1.82) is 0 Å². The minimum atomic E-state index is -2.99. The number of sulfonamides is 1.